The number of hydrogen-bond acceptors (Lipinski definition) is 2. The molecule has 1 aliphatic heterocycles. The molecule has 1 aliphatic rings. The second kappa shape index (κ2) is 5.89. The van der Waals surface area contributed by atoms with E-state index in [1.54, 1.807) is 0 Å². The summed E-state index contributed by atoms with van der Waals surface area (Å²) < 4.78 is 5.35. The molecule has 1 fully saturated rings. The Balaban J connectivity index is 1.84. The maximum Gasteiger partial charge on any atom is 0.410 e. The van der Waals surface area contributed by atoms with Gasteiger partial charge in [-0.25, -0.2) is 4.79 Å². The smallest absolute Gasteiger partial charge is 0.410 e. The zero-order valence-corrected chi connectivity index (χ0v) is 11.1. The first-order valence-electron chi connectivity index (χ1n) is 6.60. The molecule has 0 saturated carbocycles. The average Bonchev–Trinajstić information content (AvgIpc) is 2.36. The van der Waals surface area contributed by atoms with E-state index in [0.717, 1.165) is 18.7 Å². The van der Waals surface area contributed by atoms with Gasteiger partial charge in [-0.15, -0.1) is 0 Å². The number of benzene rings is 1. The predicted molar refractivity (Wildman–Crippen MR) is 71.1 cm³/mol. The Morgan fingerprint density at radius 3 is 2.44 bits per heavy atom. The number of rotatable bonds is 2. The highest BCUT2D eigenvalue weighted by Gasteiger charge is 2.26. The summed E-state index contributed by atoms with van der Waals surface area (Å²) >= 11 is 0. The van der Waals surface area contributed by atoms with Crippen molar-refractivity contribution in [1.29, 1.82) is 0 Å². The number of nitrogens with zero attached hydrogens (tertiary/aromatic N) is 1. The molecule has 0 bridgehead atoms. The topological polar surface area (TPSA) is 29.5 Å². The lowest BCUT2D eigenvalue weighted by Crippen LogP contribution is -2.42. The van der Waals surface area contributed by atoms with E-state index in [2.05, 4.69) is 13.8 Å². The van der Waals surface area contributed by atoms with Crippen LogP contribution in [0.4, 0.5) is 4.79 Å². The van der Waals surface area contributed by atoms with E-state index >= 15 is 0 Å². The van der Waals surface area contributed by atoms with Gasteiger partial charge in [-0.05, 0) is 23.8 Å². The van der Waals surface area contributed by atoms with Gasteiger partial charge in [0, 0.05) is 13.1 Å². The molecule has 0 spiro atoms. The molecule has 1 amide bonds. The highest BCUT2D eigenvalue weighted by Crippen LogP contribution is 2.21. The van der Waals surface area contributed by atoms with Crippen LogP contribution < -0.4 is 0 Å². The monoisotopic (exact) mass is 247 g/mol. The number of ether oxygens (including phenoxy) is 1. The normalized spacial score (nSPS) is 23.8. The standard InChI is InChI=1S/C15H21NO2/c1-12-8-13(2)10-16(9-12)15(17)18-11-14-6-4-3-5-7-14/h3-7,12-13H,8-11H2,1-2H3. The van der Waals surface area contributed by atoms with Crippen LogP contribution in [0.2, 0.25) is 0 Å². The number of carbonyl (C=O) groups is 1. The van der Waals surface area contributed by atoms with Gasteiger partial charge in [-0.1, -0.05) is 44.2 Å². The largest absolute Gasteiger partial charge is 0.445 e. The van der Waals surface area contributed by atoms with Gasteiger partial charge in [-0.3, -0.25) is 0 Å². The predicted octanol–water partition coefficient (Wildman–Crippen LogP) is 3.30. The van der Waals surface area contributed by atoms with Crippen molar-refractivity contribution >= 4 is 6.09 Å². The summed E-state index contributed by atoms with van der Waals surface area (Å²) in [4.78, 5) is 13.8. The number of amides is 1. The Hall–Kier alpha value is -1.51. The Bertz CT molecular complexity index is 381. The van der Waals surface area contributed by atoms with Crippen molar-refractivity contribution in [2.24, 2.45) is 11.8 Å². The zero-order chi connectivity index (χ0) is 13.0. The van der Waals surface area contributed by atoms with Crippen molar-refractivity contribution < 1.29 is 9.53 Å². The first-order valence-corrected chi connectivity index (χ1v) is 6.60. The molecule has 0 aliphatic carbocycles. The van der Waals surface area contributed by atoms with Crippen molar-refractivity contribution in [1.82, 2.24) is 4.90 Å². The number of piperidine rings is 1. The van der Waals surface area contributed by atoms with Crippen LogP contribution in [0.5, 0.6) is 0 Å². The molecule has 1 saturated heterocycles. The van der Waals surface area contributed by atoms with Gasteiger partial charge in [0.05, 0.1) is 0 Å². The second-order valence-electron chi connectivity index (χ2n) is 5.39. The van der Waals surface area contributed by atoms with Crippen molar-refractivity contribution in [3.63, 3.8) is 0 Å². The van der Waals surface area contributed by atoms with Crippen molar-refractivity contribution in [3.8, 4) is 0 Å². The maximum atomic E-state index is 12.0. The Labute approximate surface area is 109 Å². The van der Waals surface area contributed by atoms with E-state index in [4.69, 9.17) is 4.74 Å². The average molecular weight is 247 g/mol. The van der Waals surface area contributed by atoms with Crippen molar-refractivity contribution in [2.45, 2.75) is 26.9 Å². The number of hydrogen-bond donors (Lipinski definition) is 0. The summed E-state index contributed by atoms with van der Waals surface area (Å²) in [7, 11) is 0. The van der Waals surface area contributed by atoms with Crippen molar-refractivity contribution in [3.05, 3.63) is 35.9 Å². The van der Waals surface area contributed by atoms with Gasteiger partial charge in [0.15, 0.2) is 0 Å². The lowest BCUT2D eigenvalue weighted by molar-refractivity contribution is 0.0697. The highest BCUT2D eigenvalue weighted by molar-refractivity contribution is 5.67. The fraction of sp³-hybridized carbons (Fsp3) is 0.533. The third-order valence-corrected chi connectivity index (χ3v) is 3.33. The minimum Gasteiger partial charge on any atom is -0.445 e. The van der Waals surface area contributed by atoms with E-state index in [0.29, 0.717) is 18.4 Å². The number of carbonyl (C=O) groups excluding carboxylic acids is 1. The molecular formula is C15H21NO2. The minimum absolute atomic E-state index is 0.183. The molecule has 1 aromatic rings. The fourth-order valence-corrected chi connectivity index (χ4v) is 2.62. The van der Waals surface area contributed by atoms with Crippen LogP contribution in [-0.2, 0) is 11.3 Å². The lowest BCUT2D eigenvalue weighted by atomic mass is 9.92. The fourth-order valence-electron chi connectivity index (χ4n) is 2.62. The molecule has 2 rings (SSSR count). The summed E-state index contributed by atoms with van der Waals surface area (Å²) in [6.07, 6.45) is 1.01. The highest BCUT2D eigenvalue weighted by atomic mass is 16.6. The van der Waals surface area contributed by atoms with Crippen LogP contribution in [0, 0.1) is 11.8 Å². The molecule has 18 heavy (non-hydrogen) atoms. The van der Waals surface area contributed by atoms with Crippen LogP contribution in [0.3, 0.4) is 0 Å². The molecule has 0 N–H and O–H groups in total. The van der Waals surface area contributed by atoms with Crippen LogP contribution >= 0.6 is 0 Å². The molecule has 1 heterocycles. The van der Waals surface area contributed by atoms with E-state index < -0.39 is 0 Å². The summed E-state index contributed by atoms with van der Waals surface area (Å²) in [6.45, 7) is 6.37. The van der Waals surface area contributed by atoms with E-state index in [9.17, 15) is 4.79 Å². The zero-order valence-electron chi connectivity index (χ0n) is 11.1. The van der Waals surface area contributed by atoms with Gasteiger partial charge < -0.3 is 9.64 Å². The Morgan fingerprint density at radius 1 is 1.22 bits per heavy atom. The summed E-state index contributed by atoms with van der Waals surface area (Å²) in [5.41, 5.74) is 1.03. The second-order valence-corrected chi connectivity index (χ2v) is 5.39. The summed E-state index contributed by atoms with van der Waals surface area (Å²) in [5.74, 6) is 1.14. The van der Waals surface area contributed by atoms with Gasteiger partial charge in [0.25, 0.3) is 0 Å². The maximum absolute atomic E-state index is 12.0. The Morgan fingerprint density at radius 2 is 1.83 bits per heavy atom. The van der Waals surface area contributed by atoms with Gasteiger partial charge >= 0.3 is 6.09 Å². The third-order valence-electron chi connectivity index (χ3n) is 3.33. The van der Waals surface area contributed by atoms with Crippen LogP contribution in [0.25, 0.3) is 0 Å². The molecule has 2 unspecified atom stereocenters. The quantitative estimate of drug-likeness (QED) is 0.802. The molecule has 2 atom stereocenters. The van der Waals surface area contributed by atoms with Crippen LogP contribution in [0.1, 0.15) is 25.8 Å². The molecule has 3 nitrogen and oxygen atoms in total. The van der Waals surface area contributed by atoms with Gasteiger partial charge in [0.1, 0.15) is 6.61 Å². The van der Waals surface area contributed by atoms with Gasteiger partial charge in [-0.2, -0.15) is 0 Å². The van der Waals surface area contributed by atoms with Crippen LogP contribution in [0.15, 0.2) is 30.3 Å². The molecule has 98 valence electrons. The Kier molecular flexibility index (Phi) is 4.24. The summed E-state index contributed by atoms with van der Waals surface area (Å²) in [5, 5.41) is 0. The first kappa shape index (κ1) is 12.9. The van der Waals surface area contributed by atoms with Crippen molar-refractivity contribution in [2.75, 3.05) is 13.1 Å². The van der Waals surface area contributed by atoms with E-state index in [1.807, 2.05) is 35.2 Å². The lowest BCUT2D eigenvalue weighted by Gasteiger charge is -2.34. The first-order chi connectivity index (χ1) is 8.65. The molecule has 0 aromatic heterocycles. The molecule has 3 heteroatoms. The van der Waals surface area contributed by atoms with E-state index in [-0.39, 0.29) is 6.09 Å². The SMILES string of the molecule is CC1CC(C)CN(C(=O)OCc2ccccc2)C1. The minimum atomic E-state index is -0.183. The number of likely N-dealkylation sites (tertiary alicyclic amines) is 1. The molecule has 1 aromatic carbocycles. The van der Waals surface area contributed by atoms with Crippen LogP contribution in [-0.4, -0.2) is 24.1 Å². The molecular weight excluding hydrogens is 226 g/mol. The summed E-state index contributed by atoms with van der Waals surface area (Å²) in [6, 6.07) is 9.80. The van der Waals surface area contributed by atoms with E-state index in [1.165, 1.54) is 6.42 Å². The third kappa shape index (κ3) is 3.49. The van der Waals surface area contributed by atoms with Gasteiger partial charge in [0.2, 0.25) is 0 Å². The molecule has 0 radical (unpaired) electrons.